The topological polar surface area (TPSA) is 64.0 Å². The fourth-order valence-electron chi connectivity index (χ4n) is 3.16. The lowest BCUT2D eigenvalue weighted by molar-refractivity contribution is 0.0693. The predicted molar refractivity (Wildman–Crippen MR) is 86.0 cm³/mol. The molecule has 2 rings (SSSR count). The number of aliphatic hydroxyl groups excluding tert-OH is 1. The number of nitrogens with zero attached hydrogens (tertiary/aromatic N) is 2. The lowest BCUT2D eigenvalue weighted by Gasteiger charge is -2.29. The van der Waals surface area contributed by atoms with Crippen molar-refractivity contribution in [3.63, 3.8) is 0 Å². The Labute approximate surface area is 132 Å². The third kappa shape index (κ3) is 4.29. The number of benzene rings is 1. The van der Waals surface area contributed by atoms with Crippen LogP contribution in [0, 0.1) is 5.92 Å². The van der Waals surface area contributed by atoms with Gasteiger partial charge in [-0.3, -0.25) is 4.90 Å². The summed E-state index contributed by atoms with van der Waals surface area (Å²) in [5.41, 5.74) is 1.21. The number of carboxylic acid groups (broad SMARTS) is 1. The first-order chi connectivity index (χ1) is 10.5. The second-order valence-electron chi connectivity index (χ2n) is 6.40. The zero-order valence-corrected chi connectivity index (χ0v) is 13.4. The Balaban J connectivity index is 2.16. The van der Waals surface area contributed by atoms with E-state index in [1.807, 2.05) is 12.1 Å². The van der Waals surface area contributed by atoms with Gasteiger partial charge in [0, 0.05) is 32.3 Å². The molecule has 1 fully saturated rings. The van der Waals surface area contributed by atoms with Crippen molar-refractivity contribution in [3.8, 4) is 0 Å². The second-order valence-corrected chi connectivity index (χ2v) is 6.40. The standard InChI is InChI=1S/C17H26N2O3/c1-18(2)15-8-7-13(12-20)9-19(11-15)10-14-5-3-4-6-16(14)17(21)22/h3-6,13,15,20H,7-12H2,1-2H3,(H,21,22)/t13-,15+/m0/s1. The van der Waals surface area contributed by atoms with Gasteiger partial charge in [0.1, 0.15) is 0 Å². The molecule has 0 unspecified atom stereocenters. The number of carboxylic acids is 1. The van der Waals surface area contributed by atoms with Crippen molar-refractivity contribution in [3.05, 3.63) is 35.4 Å². The third-order valence-electron chi connectivity index (χ3n) is 4.52. The highest BCUT2D eigenvalue weighted by Gasteiger charge is 2.25. The van der Waals surface area contributed by atoms with E-state index in [-0.39, 0.29) is 12.5 Å². The van der Waals surface area contributed by atoms with Crippen LogP contribution in [0.2, 0.25) is 0 Å². The van der Waals surface area contributed by atoms with Gasteiger partial charge in [0.2, 0.25) is 0 Å². The molecule has 1 aliphatic rings. The van der Waals surface area contributed by atoms with E-state index in [1.165, 1.54) is 0 Å². The normalized spacial score (nSPS) is 23.5. The molecule has 0 bridgehead atoms. The fraction of sp³-hybridized carbons (Fsp3) is 0.588. The molecule has 0 radical (unpaired) electrons. The molecule has 2 N–H and O–H groups in total. The SMILES string of the molecule is CN(C)[C@@H]1CC[C@H](CO)CN(Cc2ccccc2C(=O)O)C1. The highest BCUT2D eigenvalue weighted by molar-refractivity contribution is 5.89. The van der Waals surface area contributed by atoms with Gasteiger partial charge in [0.15, 0.2) is 0 Å². The summed E-state index contributed by atoms with van der Waals surface area (Å²) in [6.45, 7) is 2.52. The summed E-state index contributed by atoms with van der Waals surface area (Å²) in [6, 6.07) is 7.62. The molecule has 0 saturated carbocycles. The summed E-state index contributed by atoms with van der Waals surface area (Å²) in [6.07, 6.45) is 2.08. The molecule has 122 valence electrons. The van der Waals surface area contributed by atoms with Crippen LogP contribution in [-0.4, -0.2) is 65.8 Å². The van der Waals surface area contributed by atoms with E-state index in [0.717, 1.165) is 31.5 Å². The van der Waals surface area contributed by atoms with Crippen molar-refractivity contribution in [1.29, 1.82) is 0 Å². The quantitative estimate of drug-likeness (QED) is 0.863. The zero-order chi connectivity index (χ0) is 16.1. The van der Waals surface area contributed by atoms with Crippen LogP contribution in [0.15, 0.2) is 24.3 Å². The zero-order valence-electron chi connectivity index (χ0n) is 13.4. The highest BCUT2D eigenvalue weighted by atomic mass is 16.4. The number of carbonyl (C=O) groups is 1. The van der Waals surface area contributed by atoms with E-state index in [2.05, 4.69) is 23.9 Å². The smallest absolute Gasteiger partial charge is 0.336 e. The molecule has 1 aromatic rings. The van der Waals surface area contributed by atoms with Crippen LogP contribution in [0.5, 0.6) is 0 Å². The minimum absolute atomic E-state index is 0.192. The van der Waals surface area contributed by atoms with Gasteiger partial charge in [-0.05, 0) is 44.5 Å². The Morgan fingerprint density at radius 3 is 2.64 bits per heavy atom. The minimum Gasteiger partial charge on any atom is -0.478 e. The number of rotatable bonds is 5. The van der Waals surface area contributed by atoms with Crippen LogP contribution >= 0.6 is 0 Å². The molecular formula is C17H26N2O3. The number of hydrogen-bond donors (Lipinski definition) is 2. The summed E-state index contributed by atoms with van der Waals surface area (Å²) in [4.78, 5) is 15.9. The van der Waals surface area contributed by atoms with Crippen molar-refractivity contribution in [2.24, 2.45) is 5.92 Å². The van der Waals surface area contributed by atoms with E-state index in [1.54, 1.807) is 12.1 Å². The van der Waals surface area contributed by atoms with Crippen LogP contribution < -0.4 is 0 Å². The number of likely N-dealkylation sites (tertiary alicyclic amines) is 1. The molecule has 1 heterocycles. The summed E-state index contributed by atoms with van der Waals surface area (Å²) in [5, 5.41) is 18.9. The summed E-state index contributed by atoms with van der Waals surface area (Å²) >= 11 is 0. The van der Waals surface area contributed by atoms with Gasteiger partial charge in [-0.25, -0.2) is 4.79 Å². The molecule has 5 heteroatoms. The van der Waals surface area contributed by atoms with Gasteiger partial charge in [-0.2, -0.15) is 0 Å². The lowest BCUT2D eigenvalue weighted by Crippen LogP contribution is -2.39. The molecule has 1 aliphatic heterocycles. The van der Waals surface area contributed by atoms with Crippen LogP contribution in [0.3, 0.4) is 0 Å². The number of hydrogen-bond acceptors (Lipinski definition) is 4. The number of aromatic carboxylic acids is 1. The number of aliphatic hydroxyl groups is 1. The Morgan fingerprint density at radius 2 is 2.00 bits per heavy atom. The molecule has 22 heavy (non-hydrogen) atoms. The Morgan fingerprint density at radius 1 is 1.27 bits per heavy atom. The first-order valence-corrected chi connectivity index (χ1v) is 7.82. The summed E-state index contributed by atoms with van der Waals surface area (Å²) < 4.78 is 0. The number of likely N-dealkylation sites (N-methyl/N-ethyl adjacent to an activating group) is 1. The van der Waals surface area contributed by atoms with Crippen LogP contribution in [0.25, 0.3) is 0 Å². The fourth-order valence-corrected chi connectivity index (χ4v) is 3.16. The molecular weight excluding hydrogens is 280 g/mol. The van der Waals surface area contributed by atoms with Crippen molar-refractivity contribution in [1.82, 2.24) is 9.80 Å². The predicted octanol–water partition coefficient (Wildman–Crippen LogP) is 1.52. The van der Waals surface area contributed by atoms with Gasteiger partial charge < -0.3 is 15.1 Å². The minimum atomic E-state index is -0.881. The molecule has 0 aromatic heterocycles. The first-order valence-electron chi connectivity index (χ1n) is 7.82. The molecule has 1 saturated heterocycles. The maximum atomic E-state index is 11.4. The highest BCUT2D eigenvalue weighted by Crippen LogP contribution is 2.21. The maximum absolute atomic E-state index is 11.4. The van der Waals surface area contributed by atoms with E-state index in [0.29, 0.717) is 18.2 Å². The lowest BCUT2D eigenvalue weighted by atomic mass is 10.0. The average Bonchev–Trinajstić information content (AvgIpc) is 2.70. The van der Waals surface area contributed by atoms with E-state index < -0.39 is 5.97 Å². The van der Waals surface area contributed by atoms with Gasteiger partial charge in [-0.15, -0.1) is 0 Å². The monoisotopic (exact) mass is 306 g/mol. The van der Waals surface area contributed by atoms with Crippen LogP contribution in [0.4, 0.5) is 0 Å². The van der Waals surface area contributed by atoms with E-state index in [9.17, 15) is 15.0 Å². The van der Waals surface area contributed by atoms with Gasteiger partial charge >= 0.3 is 5.97 Å². The summed E-state index contributed by atoms with van der Waals surface area (Å²) in [7, 11) is 4.15. The van der Waals surface area contributed by atoms with E-state index >= 15 is 0 Å². The Bertz CT molecular complexity index is 504. The molecule has 0 amide bonds. The molecule has 5 nitrogen and oxygen atoms in total. The van der Waals surface area contributed by atoms with Crippen molar-refractivity contribution < 1.29 is 15.0 Å². The molecule has 2 atom stereocenters. The van der Waals surface area contributed by atoms with Crippen LogP contribution in [-0.2, 0) is 6.54 Å². The Hall–Kier alpha value is -1.43. The van der Waals surface area contributed by atoms with Crippen molar-refractivity contribution in [2.75, 3.05) is 33.8 Å². The first kappa shape index (κ1) is 16.9. The third-order valence-corrected chi connectivity index (χ3v) is 4.52. The molecule has 0 aliphatic carbocycles. The van der Waals surface area contributed by atoms with Gasteiger partial charge in [-0.1, -0.05) is 18.2 Å². The summed E-state index contributed by atoms with van der Waals surface area (Å²) in [5.74, 6) is -0.616. The average molecular weight is 306 g/mol. The molecule has 0 spiro atoms. The molecule has 1 aromatic carbocycles. The van der Waals surface area contributed by atoms with Crippen LogP contribution in [0.1, 0.15) is 28.8 Å². The maximum Gasteiger partial charge on any atom is 0.336 e. The van der Waals surface area contributed by atoms with Gasteiger partial charge in [0.25, 0.3) is 0 Å². The largest absolute Gasteiger partial charge is 0.478 e. The van der Waals surface area contributed by atoms with Crippen molar-refractivity contribution >= 4 is 5.97 Å². The van der Waals surface area contributed by atoms with Crippen molar-refractivity contribution in [2.45, 2.75) is 25.4 Å². The Kier molecular flexibility index (Phi) is 5.94. The van der Waals surface area contributed by atoms with Gasteiger partial charge in [0.05, 0.1) is 5.56 Å². The second kappa shape index (κ2) is 7.72. The van der Waals surface area contributed by atoms with E-state index in [4.69, 9.17) is 0 Å².